The van der Waals surface area contributed by atoms with E-state index in [0.29, 0.717) is 0 Å². The molecule has 0 spiro atoms. The topological polar surface area (TPSA) is 0 Å². The number of hydrogen-bond donors (Lipinski definition) is 0. The molecule has 3 aliphatic rings. The van der Waals surface area contributed by atoms with Crippen LogP contribution in [0.15, 0.2) is 24.3 Å². The Morgan fingerprint density at radius 1 is 0.800 bits per heavy atom. The van der Waals surface area contributed by atoms with E-state index in [1.165, 1.54) is 56.9 Å². The maximum absolute atomic E-state index is 6.74. The summed E-state index contributed by atoms with van der Waals surface area (Å²) in [5, 5.41) is 0.269. The monoisotopic (exact) mass is 288 g/mol. The molecule has 0 N–H and O–H groups in total. The van der Waals surface area contributed by atoms with Crippen molar-refractivity contribution in [2.45, 2.75) is 62.7 Å². The van der Waals surface area contributed by atoms with E-state index in [1.54, 1.807) is 5.56 Å². The van der Waals surface area contributed by atoms with Crippen LogP contribution in [0.5, 0.6) is 0 Å². The highest BCUT2D eigenvalue weighted by Crippen LogP contribution is 2.63. The lowest BCUT2D eigenvalue weighted by atomic mass is 9.84. The molecule has 20 heavy (non-hydrogen) atoms. The summed E-state index contributed by atoms with van der Waals surface area (Å²) in [5.41, 5.74) is 2.92. The van der Waals surface area contributed by atoms with Gasteiger partial charge in [0.25, 0.3) is 0 Å². The second kappa shape index (κ2) is 5.37. The molecule has 0 aromatic heterocycles. The predicted molar refractivity (Wildman–Crippen MR) is 85.2 cm³/mol. The van der Waals surface area contributed by atoms with E-state index >= 15 is 0 Å². The van der Waals surface area contributed by atoms with Crippen LogP contribution >= 0.6 is 11.6 Å². The lowest BCUT2D eigenvalue weighted by Crippen LogP contribution is -2.05. The van der Waals surface area contributed by atoms with Crippen molar-refractivity contribution in [3.05, 3.63) is 35.4 Å². The van der Waals surface area contributed by atoms with E-state index in [2.05, 4.69) is 24.3 Å². The van der Waals surface area contributed by atoms with Crippen molar-refractivity contribution in [3.8, 4) is 0 Å². The Kier molecular flexibility index (Phi) is 3.54. The minimum Gasteiger partial charge on any atom is -0.117 e. The van der Waals surface area contributed by atoms with Gasteiger partial charge in [-0.05, 0) is 60.5 Å². The first-order valence-electron chi connectivity index (χ1n) is 8.58. The minimum atomic E-state index is 0.269. The zero-order valence-corrected chi connectivity index (χ0v) is 13.0. The summed E-state index contributed by atoms with van der Waals surface area (Å²) in [6.07, 6.45) is 11.3. The second-order valence-electron chi connectivity index (χ2n) is 7.24. The third-order valence-electron chi connectivity index (χ3n) is 6.14. The first-order valence-corrected chi connectivity index (χ1v) is 9.02. The summed E-state index contributed by atoms with van der Waals surface area (Å²) in [4.78, 5) is 0. The summed E-state index contributed by atoms with van der Waals surface area (Å²) in [5.74, 6) is 3.50. The lowest BCUT2D eigenvalue weighted by molar-refractivity contribution is 0.443. The van der Waals surface area contributed by atoms with Crippen molar-refractivity contribution >= 4 is 11.6 Å². The van der Waals surface area contributed by atoms with Gasteiger partial charge in [-0.2, -0.15) is 0 Å². The maximum atomic E-state index is 6.74. The van der Waals surface area contributed by atoms with Crippen molar-refractivity contribution in [2.24, 2.45) is 17.8 Å². The number of alkyl halides is 1. The Balaban J connectivity index is 1.44. The fourth-order valence-corrected chi connectivity index (χ4v) is 5.44. The van der Waals surface area contributed by atoms with E-state index in [4.69, 9.17) is 11.6 Å². The van der Waals surface area contributed by atoms with Crippen molar-refractivity contribution < 1.29 is 0 Å². The molecule has 0 bridgehead atoms. The van der Waals surface area contributed by atoms with Gasteiger partial charge in [-0.15, -0.1) is 11.6 Å². The number of hydrogen-bond acceptors (Lipinski definition) is 0. The molecule has 0 radical (unpaired) electrons. The lowest BCUT2D eigenvalue weighted by Gasteiger charge is -2.22. The van der Waals surface area contributed by atoms with E-state index in [-0.39, 0.29) is 5.38 Å². The summed E-state index contributed by atoms with van der Waals surface area (Å²) in [7, 11) is 0. The number of halogens is 1. The molecule has 3 aliphatic carbocycles. The Labute approximate surface area is 127 Å². The molecule has 0 nitrogen and oxygen atoms in total. The van der Waals surface area contributed by atoms with Crippen molar-refractivity contribution in [2.75, 3.05) is 0 Å². The predicted octanol–water partition coefficient (Wildman–Crippen LogP) is 6.06. The van der Waals surface area contributed by atoms with Gasteiger partial charge >= 0.3 is 0 Å². The number of benzene rings is 1. The van der Waals surface area contributed by atoms with Gasteiger partial charge in [-0.3, -0.25) is 0 Å². The molecule has 1 heteroatoms. The van der Waals surface area contributed by atoms with Gasteiger partial charge < -0.3 is 0 Å². The first kappa shape index (κ1) is 13.2. The molecule has 3 atom stereocenters. The zero-order chi connectivity index (χ0) is 13.5. The van der Waals surface area contributed by atoms with Crippen LogP contribution in [-0.2, 0) is 0 Å². The van der Waals surface area contributed by atoms with Gasteiger partial charge in [-0.25, -0.2) is 0 Å². The largest absolute Gasteiger partial charge is 0.117 e. The molecule has 0 saturated heterocycles. The van der Waals surface area contributed by atoms with E-state index < -0.39 is 0 Å². The molecule has 0 heterocycles. The number of rotatable bonds is 3. The third kappa shape index (κ3) is 2.30. The Morgan fingerprint density at radius 3 is 2.10 bits per heavy atom. The molecule has 1 aromatic carbocycles. The Bertz CT molecular complexity index is 447. The van der Waals surface area contributed by atoms with Crippen LogP contribution in [0.25, 0.3) is 0 Å². The molecule has 0 aliphatic heterocycles. The minimum absolute atomic E-state index is 0.269. The van der Waals surface area contributed by atoms with Crippen molar-refractivity contribution in [1.29, 1.82) is 0 Å². The first-order chi connectivity index (χ1) is 9.84. The van der Waals surface area contributed by atoms with Crippen LogP contribution in [0.1, 0.15) is 73.8 Å². The fourth-order valence-electron chi connectivity index (χ4n) is 4.92. The highest BCUT2D eigenvalue weighted by molar-refractivity contribution is 6.21. The summed E-state index contributed by atoms with van der Waals surface area (Å²) in [6, 6.07) is 9.35. The smallest absolute Gasteiger partial charge is 0.0618 e. The quantitative estimate of drug-likeness (QED) is 0.593. The van der Waals surface area contributed by atoms with Crippen LogP contribution < -0.4 is 0 Å². The highest BCUT2D eigenvalue weighted by atomic mass is 35.5. The molecule has 1 aromatic rings. The molecule has 108 valence electrons. The molecule has 4 rings (SSSR count). The SMILES string of the molecule is ClC(c1ccc(C2CCCCC2)cc1)C1C2CCCC21. The highest BCUT2D eigenvalue weighted by Gasteiger charge is 2.55. The van der Waals surface area contributed by atoms with E-state index in [1.807, 2.05) is 0 Å². The summed E-state index contributed by atoms with van der Waals surface area (Å²) < 4.78 is 0. The van der Waals surface area contributed by atoms with Gasteiger partial charge in [-0.1, -0.05) is 49.9 Å². The normalized spacial score (nSPS) is 34.8. The second-order valence-corrected chi connectivity index (χ2v) is 7.71. The molecule has 3 fully saturated rings. The Hall–Kier alpha value is -0.490. The standard InChI is InChI=1S/C19H25Cl/c20-19(18-16-7-4-8-17(16)18)15-11-9-14(10-12-15)13-5-2-1-3-6-13/h9-13,16-19H,1-8H2. The fraction of sp³-hybridized carbons (Fsp3) is 0.684. The van der Waals surface area contributed by atoms with Gasteiger partial charge in [0, 0.05) is 0 Å². The van der Waals surface area contributed by atoms with Gasteiger partial charge in [0.2, 0.25) is 0 Å². The van der Waals surface area contributed by atoms with Crippen LogP contribution in [0, 0.1) is 17.8 Å². The zero-order valence-electron chi connectivity index (χ0n) is 12.2. The molecule has 0 amide bonds. The van der Waals surface area contributed by atoms with E-state index in [0.717, 1.165) is 23.7 Å². The number of fused-ring (bicyclic) bond motifs is 1. The van der Waals surface area contributed by atoms with E-state index in [9.17, 15) is 0 Å². The average Bonchev–Trinajstić information content (AvgIpc) is 2.99. The van der Waals surface area contributed by atoms with Crippen LogP contribution in [0.3, 0.4) is 0 Å². The molecular weight excluding hydrogens is 264 g/mol. The Morgan fingerprint density at radius 2 is 1.45 bits per heavy atom. The molecular formula is C19H25Cl. The maximum Gasteiger partial charge on any atom is 0.0618 e. The van der Waals surface area contributed by atoms with Gasteiger partial charge in [0.15, 0.2) is 0 Å². The van der Waals surface area contributed by atoms with Crippen LogP contribution in [0.4, 0.5) is 0 Å². The van der Waals surface area contributed by atoms with Crippen LogP contribution in [0.2, 0.25) is 0 Å². The summed E-state index contributed by atoms with van der Waals surface area (Å²) >= 11 is 6.74. The van der Waals surface area contributed by atoms with Crippen molar-refractivity contribution in [1.82, 2.24) is 0 Å². The van der Waals surface area contributed by atoms with Gasteiger partial charge in [0.05, 0.1) is 5.38 Å². The van der Waals surface area contributed by atoms with Gasteiger partial charge in [0.1, 0.15) is 0 Å². The molecule has 3 unspecified atom stereocenters. The van der Waals surface area contributed by atoms with Crippen molar-refractivity contribution in [3.63, 3.8) is 0 Å². The molecule has 3 saturated carbocycles. The summed E-state index contributed by atoms with van der Waals surface area (Å²) in [6.45, 7) is 0. The third-order valence-corrected chi connectivity index (χ3v) is 6.69. The average molecular weight is 289 g/mol. The van der Waals surface area contributed by atoms with Crippen LogP contribution in [-0.4, -0.2) is 0 Å².